The van der Waals surface area contributed by atoms with Crippen molar-refractivity contribution in [1.82, 2.24) is 10.4 Å². The monoisotopic (exact) mass is 209 g/mol. The van der Waals surface area contributed by atoms with Crippen LogP contribution in [0.3, 0.4) is 0 Å². The maximum absolute atomic E-state index is 5.72. The highest BCUT2D eigenvalue weighted by Crippen LogP contribution is 2.16. The number of pyridine rings is 1. The predicted octanol–water partition coefficient (Wildman–Crippen LogP) is 1.65. The van der Waals surface area contributed by atoms with Crippen molar-refractivity contribution < 1.29 is 0 Å². The van der Waals surface area contributed by atoms with Crippen molar-refractivity contribution in [3.05, 3.63) is 29.0 Å². The zero-order chi connectivity index (χ0) is 10.4. The van der Waals surface area contributed by atoms with Crippen LogP contribution in [0.2, 0.25) is 5.02 Å². The summed E-state index contributed by atoms with van der Waals surface area (Å²) in [6.45, 7) is 0. The van der Waals surface area contributed by atoms with Crippen molar-refractivity contribution in [2.24, 2.45) is 5.84 Å². The van der Waals surface area contributed by atoms with E-state index in [2.05, 4.69) is 16.3 Å². The molecule has 0 amide bonds. The molecule has 3 nitrogen and oxygen atoms in total. The number of terminal acetylenes is 1. The first kappa shape index (κ1) is 11.0. The minimum absolute atomic E-state index is 0.0108. The van der Waals surface area contributed by atoms with Gasteiger partial charge in [0.2, 0.25) is 0 Å². The van der Waals surface area contributed by atoms with Crippen molar-refractivity contribution in [2.45, 2.75) is 18.9 Å². The molecular weight excluding hydrogens is 198 g/mol. The second-order valence-electron chi connectivity index (χ2n) is 2.86. The summed E-state index contributed by atoms with van der Waals surface area (Å²) in [7, 11) is 0. The van der Waals surface area contributed by atoms with E-state index in [1.54, 1.807) is 12.3 Å². The normalized spacial score (nSPS) is 12.1. The highest BCUT2D eigenvalue weighted by Gasteiger charge is 2.09. The summed E-state index contributed by atoms with van der Waals surface area (Å²) in [5.41, 5.74) is 3.53. The van der Waals surface area contributed by atoms with Crippen molar-refractivity contribution in [3.8, 4) is 12.3 Å². The molecule has 74 valence electrons. The molecule has 1 aromatic rings. The van der Waals surface area contributed by atoms with Gasteiger partial charge in [0.1, 0.15) is 0 Å². The van der Waals surface area contributed by atoms with E-state index in [-0.39, 0.29) is 6.04 Å². The summed E-state index contributed by atoms with van der Waals surface area (Å²) in [6, 6.07) is 3.61. The summed E-state index contributed by atoms with van der Waals surface area (Å²) in [5.74, 6) is 7.96. The summed E-state index contributed by atoms with van der Waals surface area (Å²) < 4.78 is 0. The predicted molar refractivity (Wildman–Crippen MR) is 57.4 cm³/mol. The van der Waals surface area contributed by atoms with Crippen LogP contribution in [0, 0.1) is 12.3 Å². The fourth-order valence-electron chi connectivity index (χ4n) is 1.14. The van der Waals surface area contributed by atoms with Crippen LogP contribution in [-0.2, 0) is 0 Å². The maximum Gasteiger partial charge on any atom is 0.0641 e. The Labute approximate surface area is 88.6 Å². The molecule has 1 unspecified atom stereocenters. The highest BCUT2D eigenvalue weighted by atomic mass is 35.5. The molecule has 0 spiro atoms. The zero-order valence-electron chi connectivity index (χ0n) is 7.70. The first-order chi connectivity index (χ1) is 6.77. The molecule has 0 bridgehead atoms. The Hall–Kier alpha value is -1.08. The summed E-state index contributed by atoms with van der Waals surface area (Å²) >= 11 is 5.72. The third-order valence-corrected chi connectivity index (χ3v) is 2.11. The molecule has 0 fully saturated rings. The second kappa shape index (κ2) is 5.61. The Morgan fingerprint density at radius 3 is 2.93 bits per heavy atom. The number of aromatic nitrogens is 1. The average molecular weight is 210 g/mol. The first-order valence-electron chi connectivity index (χ1n) is 4.29. The third-order valence-electron chi connectivity index (χ3n) is 1.89. The molecular formula is C10H12ClN3. The minimum atomic E-state index is -0.0108. The van der Waals surface area contributed by atoms with Crippen LogP contribution < -0.4 is 11.3 Å². The fourth-order valence-corrected chi connectivity index (χ4v) is 1.25. The van der Waals surface area contributed by atoms with E-state index in [1.165, 1.54) is 0 Å². The number of hydrogen-bond acceptors (Lipinski definition) is 3. The number of nitrogens with two attached hydrogens (primary N) is 1. The second-order valence-corrected chi connectivity index (χ2v) is 3.30. The Kier molecular flexibility index (Phi) is 4.41. The van der Waals surface area contributed by atoms with E-state index >= 15 is 0 Å². The van der Waals surface area contributed by atoms with Gasteiger partial charge in [-0.1, -0.05) is 11.6 Å². The van der Waals surface area contributed by atoms with E-state index in [0.29, 0.717) is 11.4 Å². The molecule has 0 aromatic carbocycles. The Morgan fingerprint density at radius 1 is 1.64 bits per heavy atom. The van der Waals surface area contributed by atoms with E-state index in [9.17, 15) is 0 Å². The van der Waals surface area contributed by atoms with Gasteiger partial charge in [-0.15, -0.1) is 12.3 Å². The van der Waals surface area contributed by atoms with Crippen molar-refractivity contribution in [3.63, 3.8) is 0 Å². The molecule has 0 aliphatic heterocycles. The molecule has 1 aromatic heterocycles. The van der Waals surface area contributed by atoms with Gasteiger partial charge in [-0.05, 0) is 18.6 Å². The van der Waals surface area contributed by atoms with E-state index < -0.39 is 0 Å². The van der Waals surface area contributed by atoms with Gasteiger partial charge in [-0.3, -0.25) is 16.3 Å². The van der Waals surface area contributed by atoms with Gasteiger partial charge >= 0.3 is 0 Å². The Bertz CT molecular complexity index is 315. The molecule has 14 heavy (non-hydrogen) atoms. The highest BCUT2D eigenvalue weighted by molar-refractivity contribution is 6.30. The van der Waals surface area contributed by atoms with Gasteiger partial charge in [0.05, 0.1) is 16.8 Å². The third kappa shape index (κ3) is 3.00. The van der Waals surface area contributed by atoms with Gasteiger partial charge in [-0.25, -0.2) is 0 Å². The molecule has 0 saturated carbocycles. The number of hydrazine groups is 1. The first-order valence-corrected chi connectivity index (χ1v) is 4.66. The molecule has 3 N–H and O–H groups in total. The van der Waals surface area contributed by atoms with Crippen LogP contribution in [0.1, 0.15) is 24.6 Å². The fraction of sp³-hybridized carbons (Fsp3) is 0.300. The summed E-state index contributed by atoms with van der Waals surface area (Å²) in [5, 5.41) is 0.612. The molecule has 4 heteroatoms. The van der Waals surface area contributed by atoms with Crippen molar-refractivity contribution in [2.75, 3.05) is 0 Å². The molecule has 0 aliphatic carbocycles. The van der Waals surface area contributed by atoms with Gasteiger partial charge in [0.25, 0.3) is 0 Å². The number of nitrogens with one attached hydrogen (secondary N) is 1. The Morgan fingerprint density at radius 2 is 2.43 bits per heavy atom. The lowest BCUT2D eigenvalue weighted by molar-refractivity contribution is 0.511. The lowest BCUT2D eigenvalue weighted by Gasteiger charge is -2.13. The number of nitrogens with zero attached hydrogens (tertiary/aromatic N) is 1. The standard InChI is InChI=1S/C10H12ClN3/c1-2-3-4-10(14-12)9-6-5-8(11)7-13-9/h1,5-7,10,14H,3-4,12H2. The minimum Gasteiger partial charge on any atom is -0.271 e. The molecule has 0 radical (unpaired) electrons. The number of halogens is 1. The van der Waals surface area contributed by atoms with Gasteiger partial charge in [0, 0.05) is 12.6 Å². The van der Waals surface area contributed by atoms with Crippen molar-refractivity contribution >= 4 is 11.6 Å². The summed E-state index contributed by atoms with van der Waals surface area (Å²) in [6.07, 6.45) is 8.20. The molecule has 1 heterocycles. The largest absolute Gasteiger partial charge is 0.271 e. The molecule has 1 atom stereocenters. The number of rotatable bonds is 4. The average Bonchev–Trinajstić information content (AvgIpc) is 2.21. The van der Waals surface area contributed by atoms with Gasteiger partial charge in [-0.2, -0.15) is 0 Å². The molecule has 1 rings (SSSR count). The van der Waals surface area contributed by atoms with Crippen LogP contribution in [0.4, 0.5) is 0 Å². The van der Waals surface area contributed by atoms with Crippen LogP contribution in [0.15, 0.2) is 18.3 Å². The SMILES string of the molecule is C#CCCC(NN)c1ccc(Cl)cn1. The van der Waals surface area contributed by atoms with Crippen LogP contribution in [0.25, 0.3) is 0 Å². The van der Waals surface area contributed by atoms with Crippen LogP contribution in [0.5, 0.6) is 0 Å². The lowest BCUT2D eigenvalue weighted by atomic mass is 10.1. The van der Waals surface area contributed by atoms with E-state index in [0.717, 1.165) is 12.1 Å². The van der Waals surface area contributed by atoms with Crippen molar-refractivity contribution in [1.29, 1.82) is 0 Å². The zero-order valence-corrected chi connectivity index (χ0v) is 8.46. The Balaban J connectivity index is 2.69. The molecule has 0 saturated heterocycles. The maximum atomic E-state index is 5.72. The van der Waals surface area contributed by atoms with Gasteiger partial charge in [0.15, 0.2) is 0 Å². The van der Waals surface area contributed by atoms with E-state index in [1.807, 2.05) is 6.07 Å². The van der Waals surface area contributed by atoms with Crippen LogP contribution >= 0.6 is 11.6 Å². The smallest absolute Gasteiger partial charge is 0.0641 e. The lowest BCUT2D eigenvalue weighted by Crippen LogP contribution is -2.28. The quantitative estimate of drug-likeness (QED) is 0.451. The molecule has 0 aliphatic rings. The number of hydrogen-bond donors (Lipinski definition) is 2. The van der Waals surface area contributed by atoms with E-state index in [4.69, 9.17) is 23.9 Å². The van der Waals surface area contributed by atoms with Gasteiger partial charge < -0.3 is 0 Å². The topological polar surface area (TPSA) is 50.9 Å². The van der Waals surface area contributed by atoms with Crippen LogP contribution in [-0.4, -0.2) is 4.98 Å². The summed E-state index contributed by atoms with van der Waals surface area (Å²) in [4.78, 5) is 4.16.